The van der Waals surface area contributed by atoms with E-state index < -0.39 is 20.1 Å². The van der Waals surface area contributed by atoms with Gasteiger partial charge in [-0.2, -0.15) is 11.8 Å². The summed E-state index contributed by atoms with van der Waals surface area (Å²) >= 11 is 7.41. The van der Waals surface area contributed by atoms with E-state index in [2.05, 4.69) is 0 Å². The lowest BCUT2D eigenvalue weighted by Crippen LogP contribution is -2.47. The van der Waals surface area contributed by atoms with Crippen molar-refractivity contribution in [3.63, 3.8) is 0 Å². The number of halogens is 1. The van der Waals surface area contributed by atoms with Gasteiger partial charge in [-0.15, -0.1) is 0 Å². The minimum Gasteiger partial charge on any atom is -0.348 e. The van der Waals surface area contributed by atoms with Crippen LogP contribution in [-0.2, 0) is 9.84 Å². The molecule has 0 saturated carbocycles. The summed E-state index contributed by atoms with van der Waals surface area (Å²) < 4.78 is 23.8. The first-order valence-electron chi connectivity index (χ1n) is 5.78. The summed E-state index contributed by atoms with van der Waals surface area (Å²) in [6.45, 7) is 0.434. The zero-order valence-electron chi connectivity index (χ0n) is 10.7. The molecule has 20 heavy (non-hydrogen) atoms. The number of sulfone groups is 1. The number of nitro groups is 1. The zero-order valence-corrected chi connectivity index (χ0v) is 13.0. The Hall–Kier alpha value is -0.990. The maximum absolute atomic E-state index is 11.9. The molecule has 6 nitrogen and oxygen atoms in total. The van der Waals surface area contributed by atoms with E-state index >= 15 is 0 Å². The first kappa shape index (κ1) is 15.4. The Bertz CT molecular complexity index is 635. The fourth-order valence-corrected chi connectivity index (χ4v) is 5.20. The minimum absolute atomic E-state index is 0.0120. The lowest BCUT2D eigenvalue weighted by Gasteiger charge is -2.35. The van der Waals surface area contributed by atoms with E-state index in [4.69, 9.17) is 11.6 Å². The van der Waals surface area contributed by atoms with Gasteiger partial charge in [0.2, 0.25) is 0 Å². The van der Waals surface area contributed by atoms with Gasteiger partial charge in [-0.3, -0.25) is 10.1 Å². The molecular weight excluding hydrogens is 324 g/mol. The predicted octanol–water partition coefficient (Wildman–Crippen LogP) is 2.17. The van der Waals surface area contributed by atoms with Crippen molar-refractivity contribution >= 4 is 44.6 Å². The molecule has 1 fully saturated rings. The van der Waals surface area contributed by atoms with Crippen molar-refractivity contribution in [1.29, 1.82) is 0 Å². The van der Waals surface area contributed by atoms with Crippen LogP contribution in [-0.4, -0.2) is 43.0 Å². The van der Waals surface area contributed by atoms with Crippen molar-refractivity contribution in [3.05, 3.63) is 33.3 Å². The van der Waals surface area contributed by atoms with E-state index in [1.54, 1.807) is 11.0 Å². The second-order valence-corrected chi connectivity index (χ2v) is 8.18. The fraction of sp³-hybridized carbons (Fsp3) is 0.455. The first-order valence-corrected chi connectivity index (χ1v) is 9.27. The Morgan fingerprint density at radius 1 is 1.50 bits per heavy atom. The van der Waals surface area contributed by atoms with Gasteiger partial charge >= 0.3 is 5.69 Å². The van der Waals surface area contributed by atoms with Crippen LogP contribution in [0.25, 0.3) is 0 Å². The average Bonchev–Trinajstić information content (AvgIpc) is 2.37. The van der Waals surface area contributed by atoms with Crippen LogP contribution in [0.4, 0.5) is 11.4 Å². The Kier molecular flexibility index (Phi) is 4.46. The maximum Gasteiger partial charge on any atom is 0.310 e. The van der Waals surface area contributed by atoms with E-state index in [0.29, 0.717) is 12.3 Å². The summed E-state index contributed by atoms with van der Waals surface area (Å²) in [5.41, 5.74) is 0.0212. The SMILES string of the molecule is CS(=O)(=O)C1CSCCN1c1cccc(Cl)c1[N+](=O)[O-]. The van der Waals surface area contributed by atoms with Crippen LogP contribution in [0.2, 0.25) is 5.02 Å². The maximum atomic E-state index is 11.9. The summed E-state index contributed by atoms with van der Waals surface area (Å²) in [4.78, 5) is 12.2. The van der Waals surface area contributed by atoms with Crippen LogP contribution in [0.3, 0.4) is 0 Å². The van der Waals surface area contributed by atoms with Gasteiger partial charge in [0.05, 0.1) is 4.92 Å². The lowest BCUT2D eigenvalue weighted by molar-refractivity contribution is -0.384. The highest BCUT2D eigenvalue weighted by atomic mass is 35.5. The molecule has 110 valence electrons. The van der Waals surface area contributed by atoms with Crippen molar-refractivity contribution in [2.75, 3.05) is 29.2 Å². The molecule has 2 rings (SSSR count). The van der Waals surface area contributed by atoms with Gasteiger partial charge in [0, 0.05) is 24.3 Å². The summed E-state index contributed by atoms with van der Waals surface area (Å²) in [5, 5.41) is 10.4. The largest absolute Gasteiger partial charge is 0.348 e. The molecule has 0 bridgehead atoms. The molecule has 1 aromatic rings. The number of hydrogen-bond donors (Lipinski definition) is 0. The first-order chi connectivity index (χ1) is 9.32. The number of nitrogens with zero attached hydrogens (tertiary/aromatic N) is 2. The summed E-state index contributed by atoms with van der Waals surface area (Å²) in [6.07, 6.45) is 1.15. The minimum atomic E-state index is -3.34. The molecule has 1 unspecified atom stereocenters. The molecule has 1 aliphatic rings. The normalized spacial score (nSPS) is 19.9. The number of anilines is 1. The fourth-order valence-electron chi connectivity index (χ4n) is 2.13. The molecule has 1 aromatic carbocycles. The topological polar surface area (TPSA) is 80.5 Å². The molecule has 0 aliphatic carbocycles. The Balaban J connectivity index is 2.54. The molecule has 0 spiro atoms. The van der Waals surface area contributed by atoms with Crippen molar-refractivity contribution in [2.45, 2.75) is 5.37 Å². The molecule has 1 heterocycles. The van der Waals surface area contributed by atoms with Gasteiger partial charge in [-0.25, -0.2) is 8.42 Å². The van der Waals surface area contributed by atoms with Crippen LogP contribution in [0.5, 0.6) is 0 Å². The van der Waals surface area contributed by atoms with E-state index in [1.807, 2.05) is 0 Å². The number of para-hydroxylation sites is 1. The van der Waals surface area contributed by atoms with Gasteiger partial charge in [0.25, 0.3) is 0 Å². The third-order valence-electron chi connectivity index (χ3n) is 3.04. The van der Waals surface area contributed by atoms with E-state index in [-0.39, 0.29) is 16.4 Å². The molecule has 0 aromatic heterocycles. The van der Waals surface area contributed by atoms with Crippen LogP contribution >= 0.6 is 23.4 Å². The molecular formula is C11H13ClN2O4S2. The molecule has 0 radical (unpaired) electrons. The van der Waals surface area contributed by atoms with Crippen molar-refractivity contribution in [3.8, 4) is 0 Å². The number of hydrogen-bond acceptors (Lipinski definition) is 6. The Morgan fingerprint density at radius 3 is 2.80 bits per heavy atom. The number of thioether (sulfide) groups is 1. The van der Waals surface area contributed by atoms with E-state index in [1.165, 1.54) is 23.9 Å². The third kappa shape index (κ3) is 3.02. The van der Waals surface area contributed by atoms with E-state index in [0.717, 1.165) is 12.0 Å². The van der Waals surface area contributed by atoms with Crippen LogP contribution in [0, 0.1) is 10.1 Å². The van der Waals surface area contributed by atoms with Crippen LogP contribution in [0.15, 0.2) is 18.2 Å². The van der Waals surface area contributed by atoms with Crippen molar-refractivity contribution in [1.82, 2.24) is 0 Å². The molecule has 1 saturated heterocycles. The standard InChI is InChI=1S/C11H13ClN2O4S2/c1-20(17,18)10-7-19-6-5-13(10)9-4-2-3-8(12)11(9)14(15)16/h2-4,10H,5-7H2,1H3. The van der Waals surface area contributed by atoms with Gasteiger partial charge in [0.1, 0.15) is 16.1 Å². The average molecular weight is 337 g/mol. The predicted molar refractivity (Wildman–Crippen MR) is 81.4 cm³/mol. The zero-order chi connectivity index (χ0) is 14.9. The number of rotatable bonds is 3. The van der Waals surface area contributed by atoms with Crippen LogP contribution < -0.4 is 4.90 Å². The monoisotopic (exact) mass is 336 g/mol. The summed E-state index contributed by atoms with van der Waals surface area (Å²) in [6, 6.07) is 4.56. The van der Waals surface area contributed by atoms with Gasteiger partial charge < -0.3 is 4.90 Å². The number of nitro benzene ring substituents is 1. The Morgan fingerprint density at radius 2 is 2.20 bits per heavy atom. The molecule has 9 heteroatoms. The molecule has 0 N–H and O–H groups in total. The smallest absolute Gasteiger partial charge is 0.310 e. The van der Waals surface area contributed by atoms with Gasteiger partial charge in [0.15, 0.2) is 9.84 Å². The molecule has 1 atom stereocenters. The van der Waals surface area contributed by atoms with Crippen molar-refractivity contribution in [2.24, 2.45) is 0 Å². The van der Waals surface area contributed by atoms with Crippen LogP contribution in [0.1, 0.15) is 0 Å². The second kappa shape index (κ2) is 5.79. The second-order valence-electron chi connectivity index (χ2n) is 4.42. The number of benzene rings is 1. The third-order valence-corrected chi connectivity index (χ3v) is 5.98. The summed E-state index contributed by atoms with van der Waals surface area (Å²) in [7, 11) is -3.34. The highest BCUT2D eigenvalue weighted by molar-refractivity contribution is 8.01. The van der Waals surface area contributed by atoms with Crippen molar-refractivity contribution < 1.29 is 13.3 Å². The highest BCUT2D eigenvalue weighted by Gasteiger charge is 2.35. The molecule has 1 aliphatic heterocycles. The quantitative estimate of drug-likeness (QED) is 0.621. The lowest BCUT2D eigenvalue weighted by atomic mass is 10.2. The molecule has 0 amide bonds. The van der Waals surface area contributed by atoms with Gasteiger partial charge in [-0.05, 0) is 12.1 Å². The highest BCUT2D eigenvalue weighted by Crippen LogP contribution is 2.38. The Labute approximate surface area is 126 Å². The summed E-state index contributed by atoms with van der Waals surface area (Å²) in [5.74, 6) is 1.11. The van der Waals surface area contributed by atoms with Gasteiger partial charge in [-0.1, -0.05) is 17.7 Å². The van der Waals surface area contributed by atoms with E-state index in [9.17, 15) is 18.5 Å².